The van der Waals surface area contributed by atoms with Gasteiger partial charge in [0.05, 0.1) is 0 Å². The number of H-pyrrole nitrogens is 1. The smallest absolute Gasteiger partial charge is 0.336 e. The van der Waals surface area contributed by atoms with Crippen LogP contribution in [0.2, 0.25) is 0 Å². The molecule has 4 aromatic rings. The molecule has 0 radical (unpaired) electrons. The van der Waals surface area contributed by atoms with E-state index in [1.165, 1.54) is 12.1 Å². The van der Waals surface area contributed by atoms with Crippen LogP contribution in [0.4, 0.5) is 0 Å². The van der Waals surface area contributed by atoms with Gasteiger partial charge in [0.25, 0.3) is 11.5 Å². The molecule has 1 N–H and O–H groups in total. The van der Waals surface area contributed by atoms with Gasteiger partial charge in [0.1, 0.15) is 11.3 Å². The number of rotatable bonds is 4. The Hall–Kier alpha value is -3.87. The molecule has 0 aliphatic rings. The number of benzene rings is 2. The maximum Gasteiger partial charge on any atom is 0.336 e. The van der Waals surface area contributed by atoms with Crippen molar-refractivity contribution in [2.45, 2.75) is 13.8 Å². The van der Waals surface area contributed by atoms with Crippen LogP contribution in [-0.4, -0.2) is 22.3 Å². The number of nitrogens with one attached hydrogen (secondary N) is 1. The molecule has 29 heavy (non-hydrogen) atoms. The number of aryl methyl sites for hydroxylation is 2. The molecule has 0 amide bonds. The maximum absolute atomic E-state index is 12.3. The second-order valence-electron chi connectivity index (χ2n) is 6.71. The summed E-state index contributed by atoms with van der Waals surface area (Å²) in [6.07, 6.45) is 0. The van der Waals surface area contributed by atoms with E-state index in [1.54, 1.807) is 26.0 Å². The Labute approximate surface area is 165 Å². The van der Waals surface area contributed by atoms with Crippen molar-refractivity contribution in [3.8, 4) is 16.9 Å². The van der Waals surface area contributed by atoms with Gasteiger partial charge in [-0.25, -0.2) is 4.79 Å². The average Bonchev–Trinajstić information content (AvgIpc) is 3.06. The normalized spacial score (nSPS) is 11.0. The van der Waals surface area contributed by atoms with E-state index in [0.717, 1.165) is 21.2 Å². The standard InChI is InChI=1S/C22H18N2O5/c1-13-10-19(25)24(23-13)20(26)12-28-18-9-8-16-17(15-6-4-3-5-7-15)11-21(27)29-22(16)14(18)2/h3-11,23H,12H2,1-2H3. The zero-order chi connectivity index (χ0) is 20.5. The van der Waals surface area contributed by atoms with E-state index in [2.05, 4.69) is 5.10 Å². The molecule has 2 aromatic heterocycles. The van der Waals surface area contributed by atoms with E-state index in [9.17, 15) is 14.4 Å². The first-order valence-electron chi connectivity index (χ1n) is 9.01. The molecule has 4 rings (SSSR count). The third-order valence-electron chi connectivity index (χ3n) is 4.65. The van der Waals surface area contributed by atoms with Gasteiger partial charge >= 0.3 is 5.63 Å². The summed E-state index contributed by atoms with van der Waals surface area (Å²) >= 11 is 0. The van der Waals surface area contributed by atoms with E-state index in [4.69, 9.17) is 9.15 Å². The summed E-state index contributed by atoms with van der Waals surface area (Å²) < 4.78 is 11.9. The van der Waals surface area contributed by atoms with Crippen molar-refractivity contribution in [3.63, 3.8) is 0 Å². The van der Waals surface area contributed by atoms with Gasteiger partial charge in [-0.15, -0.1) is 0 Å². The quantitative estimate of drug-likeness (QED) is 0.540. The van der Waals surface area contributed by atoms with Gasteiger partial charge in [0.2, 0.25) is 0 Å². The number of aromatic nitrogens is 2. The van der Waals surface area contributed by atoms with Gasteiger partial charge in [-0.3, -0.25) is 14.7 Å². The van der Waals surface area contributed by atoms with E-state index < -0.39 is 17.1 Å². The zero-order valence-corrected chi connectivity index (χ0v) is 15.9. The molecule has 2 aromatic carbocycles. The molecule has 0 fully saturated rings. The van der Waals surface area contributed by atoms with Gasteiger partial charge < -0.3 is 9.15 Å². The first-order chi connectivity index (χ1) is 13.9. The van der Waals surface area contributed by atoms with Gasteiger partial charge in [0, 0.05) is 28.8 Å². The van der Waals surface area contributed by atoms with Crippen LogP contribution < -0.4 is 15.9 Å². The van der Waals surface area contributed by atoms with Crippen molar-refractivity contribution in [1.82, 2.24) is 9.78 Å². The van der Waals surface area contributed by atoms with Gasteiger partial charge in [-0.2, -0.15) is 4.68 Å². The van der Waals surface area contributed by atoms with Crippen LogP contribution in [0, 0.1) is 13.8 Å². The number of carbonyl (C=O) groups is 1. The Morgan fingerprint density at radius 3 is 2.52 bits per heavy atom. The van der Waals surface area contributed by atoms with Crippen molar-refractivity contribution >= 4 is 16.9 Å². The molecule has 0 atom stereocenters. The number of hydrogen-bond acceptors (Lipinski definition) is 5. The van der Waals surface area contributed by atoms with Crippen molar-refractivity contribution in [3.05, 3.63) is 86.6 Å². The Bertz CT molecular complexity index is 1330. The highest BCUT2D eigenvalue weighted by atomic mass is 16.5. The number of aromatic amines is 1. The second kappa shape index (κ2) is 7.27. The summed E-state index contributed by atoms with van der Waals surface area (Å²) in [5, 5.41) is 3.44. The lowest BCUT2D eigenvalue weighted by Gasteiger charge is -2.12. The molecular weight excluding hydrogens is 372 g/mol. The van der Waals surface area contributed by atoms with Crippen molar-refractivity contribution < 1.29 is 13.9 Å². The van der Waals surface area contributed by atoms with Crippen molar-refractivity contribution in [2.24, 2.45) is 0 Å². The number of hydrogen-bond donors (Lipinski definition) is 1. The fraction of sp³-hybridized carbons (Fsp3) is 0.136. The highest BCUT2D eigenvalue weighted by Crippen LogP contribution is 2.32. The first-order valence-corrected chi connectivity index (χ1v) is 9.01. The minimum Gasteiger partial charge on any atom is -0.483 e. The van der Waals surface area contributed by atoms with E-state index in [1.807, 2.05) is 30.3 Å². The molecule has 0 bridgehead atoms. The van der Waals surface area contributed by atoms with Crippen molar-refractivity contribution in [2.75, 3.05) is 6.61 Å². The summed E-state index contributed by atoms with van der Waals surface area (Å²) in [5.41, 5.74) is 2.33. The Balaban J connectivity index is 1.69. The van der Waals surface area contributed by atoms with Gasteiger partial charge in [-0.05, 0) is 37.1 Å². The predicted octanol–water partition coefficient (Wildman–Crippen LogP) is 3.29. The molecule has 7 nitrogen and oxygen atoms in total. The number of ether oxygens (including phenoxy) is 1. The summed E-state index contributed by atoms with van der Waals surface area (Å²) in [6, 6.07) is 15.8. The highest BCUT2D eigenvalue weighted by molar-refractivity contribution is 5.95. The molecular formula is C22H18N2O5. The topological polar surface area (TPSA) is 94.3 Å². The average molecular weight is 390 g/mol. The van der Waals surface area contributed by atoms with E-state index in [0.29, 0.717) is 22.6 Å². The lowest BCUT2D eigenvalue weighted by atomic mass is 10.0. The minimum atomic E-state index is -0.526. The lowest BCUT2D eigenvalue weighted by Crippen LogP contribution is -2.28. The summed E-state index contributed by atoms with van der Waals surface area (Å²) in [5.74, 6) is -0.127. The van der Waals surface area contributed by atoms with Crippen LogP contribution in [0.3, 0.4) is 0 Å². The molecule has 0 aliphatic heterocycles. The Morgan fingerprint density at radius 1 is 1.07 bits per heavy atom. The summed E-state index contributed by atoms with van der Waals surface area (Å²) in [6.45, 7) is 3.10. The Kier molecular flexibility index (Phi) is 4.64. The first kappa shape index (κ1) is 18.5. The zero-order valence-electron chi connectivity index (χ0n) is 15.9. The summed E-state index contributed by atoms with van der Waals surface area (Å²) in [4.78, 5) is 36.1. The molecule has 0 spiro atoms. The van der Waals surface area contributed by atoms with Crippen molar-refractivity contribution in [1.29, 1.82) is 0 Å². The third kappa shape index (κ3) is 3.50. The molecule has 7 heteroatoms. The Morgan fingerprint density at radius 2 is 1.83 bits per heavy atom. The second-order valence-corrected chi connectivity index (χ2v) is 6.71. The van der Waals surface area contributed by atoms with E-state index >= 15 is 0 Å². The molecule has 0 saturated carbocycles. The van der Waals surface area contributed by atoms with Crippen LogP contribution >= 0.6 is 0 Å². The lowest BCUT2D eigenvalue weighted by molar-refractivity contribution is 0.0816. The van der Waals surface area contributed by atoms with Crippen LogP contribution in [0.5, 0.6) is 5.75 Å². The van der Waals surface area contributed by atoms with Crippen LogP contribution in [0.15, 0.2) is 68.6 Å². The fourth-order valence-corrected chi connectivity index (χ4v) is 3.26. The molecule has 146 valence electrons. The third-order valence-corrected chi connectivity index (χ3v) is 4.65. The van der Waals surface area contributed by atoms with Crippen LogP contribution in [0.25, 0.3) is 22.1 Å². The fourth-order valence-electron chi connectivity index (χ4n) is 3.26. The molecule has 2 heterocycles. The van der Waals surface area contributed by atoms with Crippen LogP contribution in [0.1, 0.15) is 16.1 Å². The SMILES string of the molecule is Cc1cc(=O)n(C(=O)COc2ccc3c(-c4ccccc4)cc(=O)oc3c2C)[nH]1. The molecule has 0 saturated heterocycles. The predicted molar refractivity (Wildman–Crippen MR) is 109 cm³/mol. The number of fused-ring (bicyclic) bond motifs is 1. The molecule has 0 aliphatic carbocycles. The van der Waals surface area contributed by atoms with E-state index in [-0.39, 0.29) is 6.61 Å². The highest BCUT2D eigenvalue weighted by Gasteiger charge is 2.15. The maximum atomic E-state index is 12.3. The largest absolute Gasteiger partial charge is 0.483 e. The number of nitrogens with zero attached hydrogens (tertiary/aromatic N) is 1. The van der Waals surface area contributed by atoms with Gasteiger partial charge in [0.15, 0.2) is 6.61 Å². The molecule has 0 unspecified atom stereocenters. The minimum absolute atomic E-state index is 0.338. The number of carbonyl (C=O) groups excluding carboxylic acids is 1. The summed E-state index contributed by atoms with van der Waals surface area (Å²) in [7, 11) is 0. The van der Waals surface area contributed by atoms with Gasteiger partial charge in [-0.1, -0.05) is 30.3 Å². The monoisotopic (exact) mass is 390 g/mol. The van der Waals surface area contributed by atoms with Crippen LogP contribution in [-0.2, 0) is 0 Å².